The smallest absolute Gasteiger partial charge is 0.310 e. The molecule has 0 aliphatic carbocycles. The Labute approximate surface area is 134 Å². The number of amides is 1. The van der Waals surface area contributed by atoms with Gasteiger partial charge in [0.1, 0.15) is 5.57 Å². The Balaban J connectivity index is 2.54. The highest BCUT2D eigenvalue weighted by Gasteiger charge is 2.43. The van der Waals surface area contributed by atoms with Crippen LogP contribution in [0.5, 0.6) is 0 Å². The first kappa shape index (κ1) is 16.7. The summed E-state index contributed by atoms with van der Waals surface area (Å²) in [5, 5.41) is 0. The molecular formula is C18H28N3O+. The zero-order valence-corrected chi connectivity index (χ0v) is 14.4. The highest BCUT2D eigenvalue weighted by molar-refractivity contribution is 6.02. The third kappa shape index (κ3) is 2.93. The Hall–Kier alpha value is -1.68. The highest BCUT2D eigenvalue weighted by atomic mass is 16.2. The van der Waals surface area contributed by atoms with Gasteiger partial charge in [-0.15, -0.1) is 0 Å². The summed E-state index contributed by atoms with van der Waals surface area (Å²) in [4.78, 5) is 20.2. The fourth-order valence-electron chi connectivity index (χ4n) is 3.18. The van der Waals surface area contributed by atoms with E-state index in [-0.39, 0.29) is 10.4 Å². The van der Waals surface area contributed by atoms with Crippen molar-refractivity contribution < 1.29 is 9.28 Å². The molecule has 4 heteroatoms. The fourth-order valence-corrected chi connectivity index (χ4v) is 3.18. The number of piperidine rings is 1. The van der Waals surface area contributed by atoms with Gasteiger partial charge in [-0.25, -0.2) is 4.79 Å². The molecule has 0 unspecified atom stereocenters. The lowest BCUT2D eigenvalue weighted by Crippen LogP contribution is -2.60. The molecule has 0 aromatic heterocycles. The van der Waals surface area contributed by atoms with Gasteiger partial charge in [-0.1, -0.05) is 25.7 Å². The van der Waals surface area contributed by atoms with Crippen molar-refractivity contribution in [3.8, 4) is 0 Å². The van der Waals surface area contributed by atoms with E-state index < -0.39 is 0 Å². The summed E-state index contributed by atoms with van der Waals surface area (Å²) in [6.07, 6.45) is 8.31. The van der Waals surface area contributed by atoms with Gasteiger partial charge in [0.15, 0.2) is 0 Å². The molecule has 0 radical (unpaired) electrons. The average molecular weight is 302 g/mol. The van der Waals surface area contributed by atoms with E-state index in [1.165, 1.54) is 19.3 Å². The summed E-state index contributed by atoms with van der Waals surface area (Å²) in [6.45, 7) is 9.93. The van der Waals surface area contributed by atoms with E-state index >= 15 is 0 Å². The Bertz CT molecular complexity index is 561. The van der Waals surface area contributed by atoms with Gasteiger partial charge < -0.3 is 4.90 Å². The lowest BCUT2D eigenvalue weighted by atomic mass is 10.0. The summed E-state index contributed by atoms with van der Waals surface area (Å²) in [6, 6.07) is 0. The number of nitrogens with zero attached hydrogens (tertiary/aromatic N) is 3. The van der Waals surface area contributed by atoms with Gasteiger partial charge >= 0.3 is 11.9 Å². The Kier molecular flexibility index (Phi) is 5.01. The topological polar surface area (TPSA) is 32.7 Å². The molecule has 0 saturated carbocycles. The Morgan fingerprint density at radius 3 is 2.50 bits per heavy atom. The van der Waals surface area contributed by atoms with Crippen LogP contribution in [0.4, 0.5) is 0 Å². The van der Waals surface area contributed by atoms with Crippen LogP contribution in [0, 0.1) is 0 Å². The molecule has 1 fully saturated rings. The van der Waals surface area contributed by atoms with E-state index in [4.69, 9.17) is 4.99 Å². The molecule has 1 saturated heterocycles. The minimum Gasteiger partial charge on any atom is -0.310 e. The Morgan fingerprint density at radius 2 is 1.95 bits per heavy atom. The molecule has 4 nitrogen and oxygen atoms in total. The predicted octanol–water partition coefficient (Wildman–Crippen LogP) is 3.24. The van der Waals surface area contributed by atoms with E-state index in [2.05, 4.69) is 24.5 Å². The van der Waals surface area contributed by atoms with Crippen molar-refractivity contribution >= 4 is 11.9 Å². The third-order valence-electron chi connectivity index (χ3n) is 4.43. The SMILES string of the molecule is C=CC1=C(/C(C)=C\CC)N=C(N2CCCCC2)[N+](C)(C)C1=O. The summed E-state index contributed by atoms with van der Waals surface area (Å²) >= 11 is 0. The van der Waals surface area contributed by atoms with Crippen molar-refractivity contribution in [1.82, 2.24) is 4.90 Å². The minimum atomic E-state index is 0.0735. The van der Waals surface area contributed by atoms with Crippen LogP contribution in [0.15, 0.2) is 40.6 Å². The van der Waals surface area contributed by atoms with E-state index in [9.17, 15) is 4.79 Å². The number of allylic oxidation sites excluding steroid dienone is 2. The van der Waals surface area contributed by atoms with Gasteiger partial charge in [-0.3, -0.25) is 0 Å². The second kappa shape index (κ2) is 6.61. The van der Waals surface area contributed by atoms with Crippen LogP contribution in [0.25, 0.3) is 0 Å². The summed E-state index contributed by atoms with van der Waals surface area (Å²) in [5.41, 5.74) is 2.48. The molecule has 120 valence electrons. The average Bonchev–Trinajstić information content (AvgIpc) is 2.50. The second-order valence-corrected chi connectivity index (χ2v) is 6.48. The van der Waals surface area contributed by atoms with E-state index in [1.54, 1.807) is 6.08 Å². The summed E-state index contributed by atoms with van der Waals surface area (Å²) < 4.78 is 0.171. The Morgan fingerprint density at radius 1 is 1.32 bits per heavy atom. The molecule has 2 aliphatic rings. The maximum atomic E-state index is 13.0. The van der Waals surface area contributed by atoms with E-state index in [1.807, 2.05) is 21.0 Å². The zero-order chi connectivity index (χ0) is 16.3. The number of carbonyl (C=O) groups excluding carboxylic acids is 1. The van der Waals surface area contributed by atoms with Gasteiger partial charge in [0.25, 0.3) is 0 Å². The molecule has 0 aromatic carbocycles. The fraction of sp³-hybridized carbons (Fsp3) is 0.556. The third-order valence-corrected chi connectivity index (χ3v) is 4.43. The molecule has 2 aliphatic heterocycles. The molecule has 0 aromatic rings. The van der Waals surface area contributed by atoms with Crippen LogP contribution in [-0.4, -0.2) is 48.4 Å². The summed E-state index contributed by atoms with van der Waals surface area (Å²) in [7, 11) is 3.85. The molecule has 0 spiro atoms. The second-order valence-electron chi connectivity index (χ2n) is 6.48. The molecule has 2 heterocycles. The number of likely N-dealkylation sites (N-methyl/N-ethyl adjacent to an activating group) is 1. The largest absolute Gasteiger partial charge is 0.355 e. The van der Waals surface area contributed by atoms with Crippen LogP contribution < -0.4 is 0 Å². The molecule has 22 heavy (non-hydrogen) atoms. The number of hydrogen-bond acceptors (Lipinski definition) is 3. The van der Waals surface area contributed by atoms with Crippen molar-refractivity contribution in [2.45, 2.75) is 39.5 Å². The molecule has 0 atom stereocenters. The maximum Gasteiger partial charge on any atom is 0.355 e. The lowest BCUT2D eigenvalue weighted by Gasteiger charge is -2.38. The monoisotopic (exact) mass is 302 g/mol. The van der Waals surface area contributed by atoms with Crippen molar-refractivity contribution in [3.05, 3.63) is 35.6 Å². The van der Waals surface area contributed by atoms with Crippen molar-refractivity contribution in [3.63, 3.8) is 0 Å². The summed E-state index contributed by atoms with van der Waals surface area (Å²) in [5.74, 6) is 0.943. The van der Waals surface area contributed by atoms with Crippen LogP contribution in [0.3, 0.4) is 0 Å². The maximum absolute atomic E-state index is 13.0. The number of rotatable bonds is 3. The van der Waals surface area contributed by atoms with Crippen molar-refractivity contribution in [2.24, 2.45) is 4.99 Å². The van der Waals surface area contributed by atoms with Gasteiger partial charge in [0.05, 0.1) is 19.8 Å². The van der Waals surface area contributed by atoms with Crippen molar-refractivity contribution in [1.29, 1.82) is 0 Å². The normalized spacial score (nSPS) is 22.7. The first-order valence-electron chi connectivity index (χ1n) is 8.20. The van der Waals surface area contributed by atoms with Crippen LogP contribution in [-0.2, 0) is 4.79 Å². The first-order valence-corrected chi connectivity index (χ1v) is 8.20. The number of hydrogen-bond donors (Lipinski definition) is 0. The number of guanidine groups is 1. The number of carbonyl (C=O) groups is 1. The molecular weight excluding hydrogens is 274 g/mol. The van der Waals surface area contributed by atoms with Gasteiger partial charge in [-0.2, -0.15) is 9.48 Å². The molecule has 0 bridgehead atoms. The van der Waals surface area contributed by atoms with Gasteiger partial charge in [0, 0.05) is 13.1 Å². The van der Waals surface area contributed by atoms with E-state index in [0.717, 1.165) is 36.7 Å². The number of likely N-dealkylation sites (tertiary alicyclic amines) is 1. The van der Waals surface area contributed by atoms with Gasteiger partial charge in [0.2, 0.25) is 0 Å². The van der Waals surface area contributed by atoms with Crippen molar-refractivity contribution in [2.75, 3.05) is 27.2 Å². The minimum absolute atomic E-state index is 0.0735. The first-order chi connectivity index (χ1) is 10.4. The molecule has 0 N–H and O–H groups in total. The predicted molar refractivity (Wildman–Crippen MR) is 91.2 cm³/mol. The molecule has 1 amide bonds. The van der Waals surface area contributed by atoms with Crippen LogP contribution >= 0.6 is 0 Å². The van der Waals surface area contributed by atoms with Crippen LogP contribution in [0.2, 0.25) is 0 Å². The highest BCUT2D eigenvalue weighted by Crippen LogP contribution is 2.29. The zero-order valence-electron chi connectivity index (χ0n) is 14.4. The quantitative estimate of drug-likeness (QED) is 0.750. The van der Waals surface area contributed by atoms with Crippen LogP contribution in [0.1, 0.15) is 39.5 Å². The lowest BCUT2D eigenvalue weighted by molar-refractivity contribution is -0.723. The molecule has 2 rings (SSSR count). The standard InChI is InChI=1S/C18H28N3O/c1-6-11-14(3)16-15(7-2)17(22)21(4,5)18(19-16)20-12-9-8-10-13-20/h7,11H,2,6,8-10,12-13H2,1,3-5H3/q+1/b14-11-. The number of aliphatic imine (C=N–C) groups is 1. The van der Waals surface area contributed by atoms with Gasteiger partial charge in [-0.05, 0) is 38.2 Å². The number of quaternary nitrogens is 1. The van der Waals surface area contributed by atoms with E-state index in [0.29, 0.717) is 5.57 Å².